The molecule has 7 N–H and O–H groups in total. The first-order chi connectivity index (χ1) is 29.7. The van der Waals surface area contributed by atoms with Gasteiger partial charge >= 0.3 is 49.7 Å². The van der Waals surface area contributed by atoms with Gasteiger partial charge in [-0.15, -0.1) is 11.3 Å². The van der Waals surface area contributed by atoms with Crippen LogP contribution < -0.4 is 24.8 Å². The van der Waals surface area contributed by atoms with Crippen LogP contribution in [0.1, 0.15) is 38.3 Å². The van der Waals surface area contributed by atoms with Crippen molar-refractivity contribution < 1.29 is 94.0 Å². The summed E-state index contributed by atoms with van der Waals surface area (Å²) in [6, 6.07) is 5.21. The van der Waals surface area contributed by atoms with Crippen molar-refractivity contribution in [1.29, 1.82) is 0 Å². The Kier molecular flexibility index (Phi) is 19.9. The monoisotopic (exact) mass is 989 g/mol. The van der Waals surface area contributed by atoms with Gasteiger partial charge in [0.15, 0.2) is 6.61 Å². The number of aromatic nitrogens is 3. The van der Waals surface area contributed by atoms with Crippen LogP contribution in [-0.2, 0) is 39.8 Å². The zero-order valence-electron chi connectivity index (χ0n) is 32.5. The first-order valence-corrected chi connectivity index (χ1v) is 21.2. The second-order valence-corrected chi connectivity index (χ2v) is 16.0. The number of esters is 2. The Morgan fingerprint density at radius 1 is 1.02 bits per heavy atom. The number of hydrogen-bond acceptors (Lipinski definition) is 19. The van der Waals surface area contributed by atoms with Crippen LogP contribution in [0, 0.1) is 17.0 Å². The number of carboxylic acids is 2. The highest BCUT2D eigenvalue weighted by Gasteiger charge is 2.31. The van der Waals surface area contributed by atoms with E-state index in [1.54, 1.807) is 4.72 Å². The molecule has 25 nitrogen and oxygen atoms in total. The van der Waals surface area contributed by atoms with E-state index < -0.39 is 105 Å². The summed E-state index contributed by atoms with van der Waals surface area (Å²) in [6.07, 6.45) is -5.20. The molecule has 0 radical (unpaired) electrons. The molecule has 64 heavy (non-hydrogen) atoms. The lowest BCUT2D eigenvalue weighted by molar-refractivity contribution is -0.385. The fourth-order valence-corrected chi connectivity index (χ4v) is 6.87. The summed E-state index contributed by atoms with van der Waals surface area (Å²) in [5.41, 5.74) is -2.16. The average Bonchev–Trinajstić information content (AvgIpc) is 3.69. The third-order valence-electron chi connectivity index (χ3n) is 6.57. The maximum absolute atomic E-state index is 12.7. The van der Waals surface area contributed by atoms with Gasteiger partial charge in [-0.25, -0.2) is 32.3 Å². The number of nitro benzene ring substituents is 1. The minimum Gasteiger partial charge on any atom is -0.480 e. The highest BCUT2D eigenvalue weighted by Crippen LogP contribution is 2.37. The largest absolute Gasteiger partial charge is 0.480 e. The van der Waals surface area contributed by atoms with Gasteiger partial charge in [-0.3, -0.25) is 30.1 Å². The maximum Gasteiger partial charge on any atom is 0.416 e. The van der Waals surface area contributed by atoms with Crippen molar-refractivity contribution in [2.75, 3.05) is 38.5 Å². The fourth-order valence-electron chi connectivity index (χ4n) is 4.08. The lowest BCUT2D eigenvalue weighted by Crippen LogP contribution is -2.35. The predicted octanol–water partition coefficient (Wildman–Crippen LogP) is 4.03. The lowest BCUT2D eigenvalue weighted by atomic mass is 10.1. The van der Waals surface area contributed by atoms with E-state index in [0.717, 1.165) is 47.7 Å². The number of rotatable bonds is 16. The van der Waals surface area contributed by atoms with E-state index in [1.807, 2.05) is 0 Å². The summed E-state index contributed by atoms with van der Waals surface area (Å²) in [5, 5.41) is 33.2. The number of anilines is 1. The number of aliphatic carboxylic acids is 1. The van der Waals surface area contributed by atoms with E-state index in [1.165, 1.54) is 26.3 Å². The van der Waals surface area contributed by atoms with Crippen LogP contribution >= 0.6 is 30.5 Å². The number of nitrogens with one attached hydrogen (secondary N) is 3. The number of benzene rings is 2. The first-order valence-electron chi connectivity index (χ1n) is 16.7. The molecular formula is C32H32ClF3N7O18PS2. The fraction of sp³-hybridized carbons (Fsp3) is 0.250. The lowest BCUT2D eigenvalue weighted by Gasteiger charge is -2.12. The van der Waals surface area contributed by atoms with Gasteiger partial charge in [-0.2, -0.15) is 28.1 Å². The number of halogens is 4. The van der Waals surface area contributed by atoms with Gasteiger partial charge < -0.3 is 38.9 Å². The van der Waals surface area contributed by atoms with E-state index in [2.05, 4.69) is 30.3 Å². The van der Waals surface area contributed by atoms with Crippen molar-refractivity contribution in [2.45, 2.75) is 24.9 Å². The zero-order chi connectivity index (χ0) is 48.6. The summed E-state index contributed by atoms with van der Waals surface area (Å²) in [5.74, 6) is -4.90. The van der Waals surface area contributed by atoms with Gasteiger partial charge in [0.1, 0.15) is 32.7 Å². The Bertz CT molecular complexity index is 2530. The second kappa shape index (κ2) is 23.8. The topological polar surface area (TPSA) is 372 Å². The van der Waals surface area contributed by atoms with Crippen molar-refractivity contribution in [3.8, 4) is 17.5 Å². The number of methoxy groups -OCH3 is 1. The summed E-state index contributed by atoms with van der Waals surface area (Å²) < 4.78 is 93.5. The Labute approximate surface area is 365 Å². The van der Waals surface area contributed by atoms with Gasteiger partial charge in [-0.1, -0.05) is 11.6 Å². The molecule has 2 amide bonds. The molecule has 0 fully saturated rings. The van der Waals surface area contributed by atoms with Crippen LogP contribution in [0.3, 0.4) is 0 Å². The van der Waals surface area contributed by atoms with Gasteiger partial charge in [0.25, 0.3) is 15.7 Å². The van der Waals surface area contributed by atoms with Crippen molar-refractivity contribution in [3.05, 3.63) is 84.8 Å². The maximum atomic E-state index is 12.7. The number of carbonyl (C=O) groups is 5. The molecule has 4 aromatic rings. The summed E-state index contributed by atoms with van der Waals surface area (Å²) in [6.45, 7) is 1.91. The van der Waals surface area contributed by atoms with E-state index in [4.69, 9.17) is 45.8 Å². The Morgan fingerprint density at radius 2 is 1.69 bits per heavy atom. The molecule has 0 atom stereocenters. The van der Waals surface area contributed by atoms with E-state index in [-0.39, 0.29) is 40.9 Å². The van der Waals surface area contributed by atoms with Gasteiger partial charge in [0.2, 0.25) is 5.95 Å². The SMILES string of the molecule is CCOC(=O)COC(=O)c1cc(Oc2ccc(C(F)(F)F)cc2Cl)ccc1[N+](=O)[O-].COc1nc(C)nc(NC(=O)NS(=O)(=O)c2ccsc2C(=O)O)n1.O=C(O)CNCP(=O)(O)O. The number of hydrogen-bond donors (Lipinski definition) is 7. The first kappa shape index (κ1) is 53.6. The zero-order valence-corrected chi connectivity index (χ0v) is 35.8. The quantitative estimate of drug-likeness (QED) is 0.0360. The number of aryl methyl sites for hydroxylation is 1. The summed E-state index contributed by atoms with van der Waals surface area (Å²) in [4.78, 5) is 93.1. The number of carbonyl (C=O) groups excluding carboxylic acids is 3. The van der Waals surface area contributed by atoms with Crippen molar-refractivity contribution in [3.63, 3.8) is 0 Å². The van der Waals surface area contributed by atoms with Crippen molar-refractivity contribution >= 4 is 82.1 Å². The van der Waals surface area contributed by atoms with E-state index >= 15 is 0 Å². The number of urea groups is 1. The molecule has 0 unspecified atom stereocenters. The minimum atomic E-state index is -4.61. The standard InChI is InChI=1S/C18H13ClF3NO7.C11H11N5O6S2.C3H8NO5P/c1-2-28-16(24)9-29-17(25)12-8-11(4-5-14(12)23(26)27)30-15-6-3-10(7-13(15)19)18(20,21)22;1-5-12-9(15-11(13-5)22-2)14-10(19)16-24(20,21)6-3-4-23-7(6)8(17)18;5-3(6)1-4-2-10(7,8)9/h3-8H,2,9H2,1H3;3-4H,1-2H3,(H,17,18)(H2,12,13,14,15,16,19);4H,1-2H2,(H,5,6)(H2,7,8,9). The molecule has 0 aliphatic rings. The summed E-state index contributed by atoms with van der Waals surface area (Å²) in [7, 11) is -7.16. The number of sulfonamides is 1. The molecule has 0 spiro atoms. The number of nitrogens with zero attached hydrogens (tertiary/aromatic N) is 4. The molecule has 0 bridgehead atoms. The number of nitro groups is 1. The van der Waals surface area contributed by atoms with Crippen LogP contribution in [0.25, 0.3) is 0 Å². The van der Waals surface area contributed by atoms with Crippen LogP contribution in [0.15, 0.2) is 52.7 Å². The minimum absolute atomic E-state index is 0.0493. The normalized spacial score (nSPS) is 11.0. The van der Waals surface area contributed by atoms with Crippen molar-refractivity contribution in [2.24, 2.45) is 0 Å². The number of carboxylic acid groups (broad SMARTS) is 2. The number of amides is 2. The molecule has 0 aliphatic heterocycles. The molecule has 0 aliphatic carbocycles. The average molecular weight is 990 g/mol. The number of ether oxygens (including phenoxy) is 4. The highest BCUT2D eigenvalue weighted by molar-refractivity contribution is 7.90. The smallest absolute Gasteiger partial charge is 0.416 e. The molecule has 2 heterocycles. The highest BCUT2D eigenvalue weighted by atomic mass is 35.5. The van der Waals surface area contributed by atoms with Crippen LogP contribution in [-0.4, -0.2) is 111 Å². The molecule has 0 saturated heterocycles. The molecule has 348 valence electrons. The van der Waals surface area contributed by atoms with E-state index in [9.17, 15) is 60.2 Å². The number of thiophene rings is 1. The Morgan fingerprint density at radius 3 is 2.23 bits per heavy atom. The van der Waals surface area contributed by atoms with Crippen molar-refractivity contribution in [1.82, 2.24) is 25.0 Å². The molecule has 2 aromatic carbocycles. The Balaban J connectivity index is 0.000000369. The third-order valence-corrected chi connectivity index (χ3v) is 9.90. The second-order valence-electron chi connectivity index (χ2n) is 11.4. The van der Waals surface area contributed by atoms with Gasteiger partial charge in [0.05, 0.1) is 42.1 Å². The van der Waals surface area contributed by atoms with Crippen LogP contribution in [0.2, 0.25) is 5.02 Å². The molecule has 0 saturated carbocycles. The third kappa shape index (κ3) is 18.0. The summed E-state index contributed by atoms with van der Waals surface area (Å²) >= 11 is 6.53. The molecule has 2 aromatic heterocycles. The molecule has 32 heteroatoms. The van der Waals surface area contributed by atoms with Gasteiger partial charge in [-0.05, 0) is 49.6 Å². The number of aromatic carboxylic acids is 1. The predicted molar refractivity (Wildman–Crippen MR) is 211 cm³/mol. The Hall–Kier alpha value is -6.56. The van der Waals surface area contributed by atoms with E-state index in [0.29, 0.717) is 6.07 Å². The van der Waals surface area contributed by atoms with Crippen LogP contribution in [0.4, 0.5) is 29.6 Å². The van der Waals surface area contributed by atoms with Crippen LogP contribution in [0.5, 0.6) is 17.5 Å². The number of alkyl halides is 3. The van der Waals surface area contributed by atoms with Gasteiger partial charge in [0, 0.05) is 12.1 Å². The molecular weight excluding hydrogens is 958 g/mol. The molecule has 4 rings (SSSR count).